The van der Waals surface area contributed by atoms with Crippen LogP contribution in [0.25, 0.3) is 0 Å². The number of nitrogens with one attached hydrogen (secondary N) is 1. The van der Waals surface area contributed by atoms with Crippen LogP contribution in [0.2, 0.25) is 0 Å². The monoisotopic (exact) mass is 492 g/mol. The first-order valence-corrected chi connectivity index (χ1v) is 12.2. The number of ether oxygens (including phenoxy) is 1. The van der Waals surface area contributed by atoms with E-state index in [0.29, 0.717) is 6.42 Å². The van der Waals surface area contributed by atoms with Crippen LogP contribution in [0.3, 0.4) is 0 Å². The van der Waals surface area contributed by atoms with Gasteiger partial charge in [-0.05, 0) is 25.0 Å². The molecule has 2 rings (SSSR count). The number of nitro groups is 1. The number of likely N-dealkylation sites (N-methyl/N-ethyl adjacent to an activating group) is 1. The molecule has 0 aliphatic carbocycles. The third-order valence-corrected chi connectivity index (χ3v) is 6.35. The molecule has 0 aromatic heterocycles. The van der Waals surface area contributed by atoms with E-state index in [4.69, 9.17) is 4.74 Å². The van der Waals surface area contributed by atoms with Gasteiger partial charge in [-0.15, -0.1) is 0 Å². The second-order valence-electron chi connectivity index (χ2n) is 7.50. The van der Waals surface area contributed by atoms with Crippen LogP contribution in [0.4, 0.5) is 11.4 Å². The van der Waals surface area contributed by atoms with Crippen molar-refractivity contribution >= 4 is 33.2 Å². The summed E-state index contributed by atoms with van der Waals surface area (Å²) in [5.74, 6) is -1.02. The van der Waals surface area contributed by atoms with Gasteiger partial charge in [0.2, 0.25) is 21.8 Å². The molecule has 0 radical (unpaired) electrons. The molecule has 11 nitrogen and oxygen atoms in total. The van der Waals surface area contributed by atoms with Crippen LogP contribution in [0.15, 0.2) is 48.5 Å². The van der Waals surface area contributed by atoms with Crippen LogP contribution >= 0.6 is 0 Å². The fourth-order valence-electron chi connectivity index (χ4n) is 3.36. The molecule has 2 aromatic rings. The summed E-state index contributed by atoms with van der Waals surface area (Å²) in [5.41, 5.74) is 0.421. The van der Waals surface area contributed by atoms with Crippen molar-refractivity contribution in [2.24, 2.45) is 0 Å². The molecule has 34 heavy (non-hydrogen) atoms. The summed E-state index contributed by atoms with van der Waals surface area (Å²) in [6.07, 6.45) is 1.32. The van der Waals surface area contributed by atoms with Gasteiger partial charge in [-0.25, -0.2) is 8.42 Å². The lowest BCUT2D eigenvalue weighted by atomic mass is 10.1. The molecular formula is C22H28N4O7S. The number of hydrogen-bond acceptors (Lipinski definition) is 7. The van der Waals surface area contributed by atoms with Gasteiger partial charge in [-0.1, -0.05) is 30.3 Å². The molecule has 184 valence electrons. The highest BCUT2D eigenvalue weighted by Crippen LogP contribution is 2.33. The van der Waals surface area contributed by atoms with E-state index < -0.39 is 39.3 Å². The molecule has 0 fully saturated rings. The first kappa shape index (κ1) is 26.6. The Hall–Kier alpha value is -3.67. The molecule has 0 saturated heterocycles. The molecule has 2 amide bonds. The van der Waals surface area contributed by atoms with Crippen molar-refractivity contribution in [3.05, 3.63) is 64.2 Å². The zero-order valence-electron chi connectivity index (χ0n) is 19.4. The number of methoxy groups -OCH3 is 1. The van der Waals surface area contributed by atoms with Crippen LogP contribution in [0.1, 0.15) is 12.5 Å². The van der Waals surface area contributed by atoms with Crippen LogP contribution in [0, 0.1) is 10.1 Å². The molecule has 12 heteroatoms. The summed E-state index contributed by atoms with van der Waals surface area (Å²) in [6.45, 7) is 1.02. The van der Waals surface area contributed by atoms with Gasteiger partial charge in [0.1, 0.15) is 24.0 Å². The van der Waals surface area contributed by atoms with Crippen LogP contribution in [-0.4, -0.2) is 69.6 Å². The average Bonchev–Trinajstić information content (AvgIpc) is 2.81. The van der Waals surface area contributed by atoms with Gasteiger partial charge < -0.3 is 15.0 Å². The lowest BCUT2D eigenvalue weighted by molar-refractivity contribution is -0.384. The molecule has 0 spiro atoms. The van der Waals surface area contributed by atoms with Crippen molar-refractivity contribution < 1.29 is 27.7 Å². The Kier molecular flexibility index (Phi) is 8.96. The van der Waals surface area contributed by atoms with Crippen molar-refractivity contribution in [3.63, 3.8) is 0 Å². The fraction of sp³-hybridized carbons (Fsp3) is 0.364. The Labute approximate surface area is 198 Å². The number of amides is 2. The molecule has 0 aliphatic rings. The first-order valence-electron chi connectivity index (χ1n) is 10.3. The van der Waals surface area contributed by atoms with Crippen molar-refractivity contribution in [1.29, 1.82) is 0 Å². The number of sulfonamides is 1. The minimum absolute atomic E-state index is 0.0408. The zero-order valence-corrected chi connectivity index (χ0v) is 20.2. The summed E-state index contributed by atoms with van der Waals surface area (Å²) in [5, 5.41) is 13.7. The number of hydrogen-bond donors (Lipinski definition) is 1. The molecule has 0 bridgehead atoms. The number of anilines is 1. The van der Waals surface area contributed by atoms with E-state index in [1.807, 2.05) is 30.3 Å². The number of nitrogens with zero attached hydrogens (tertiary/aromatic N) is 3. The quantitative estimate of drug-likeness (QED) is 0.371. The molecule has 1 unspecified atom stereocenters. The van der Waals surface area contributed by atoms with Gasteiger partial charge >= 0.3 is 0 Å². The van der Waals surface area contributed by atoms with Crippen molar-refractivity contribution in [2.45, 2.75) is 19.4 Å². The minimum atomic E-state index is -4.06. The second kappa shape index (κ2) is 11.5. The molecule has 1 atom stereocenters. The molecular weight excluding hydrogens is 464 g/mol. The number of nitro benzene ring substituents is 1. The summed E-state index contributed by atoms with van der Waals surface area (Å²) < 4.78 is 31.2. The summed E-state index contributed by atoms with van der Waals surface area (Å²) in [6, 6.07) is 11.9. The maximum atomic E-state index is 13.3. The highest BCUT2D eigenvalue weighted by Gasteiger charge is 2.31. The van der Waals surface area contributed by atoms with Gasteiger partial charge in [0.05, 0.1) is 18.3 Å². The molecule has 0 heterocycles. The standard InChI is InChI=1S/C22H28N4O7S/c1-16(22(28)23-2)24(13-12-17-8-6-5-7-9-17)21(27)15-25(34(4,31)32)19-14-18(26(29)30)10-11-20(19)33-3/h5-11,14,16H,12-13,15H2,1-4H3,(H,23,28). The number of rotatable bonds is 11. The van der Waals surface area contributed by atoms with Crippen molar-refractivity contribution in [2.75, 3.05) is 37.8 Å². The maximum Gasteiger partial charge on any atom is 0.271 e. The van der Waals surface area contributed by atoms with Gasteiger partial charge in [0.25, 0.3) is 5.69 Å². The first-order chi connectivity index (χ1) is 16.0. The number of carbonyl (C=O) groups excluding carboxylic acids is 2. The highest BCUT2D eigenvalue weighted by molar-refractivity contribution is 7.92. The fourth-order valence-corrected chi connectivity index (χ4v) is 4.21. The molecule has 1 N–H and O–H groups in total. The van der Waals surface area contributed by atoms with Crippen LogP contribution in [0.5, 0.6) is 5.75 Å². The zero-order chi connectivity index (χ0) is 25.5. The van der Waals surface area contributed by atoms with E-state index in [1.165, 1.54) is 31.2 Å². The summed E-state index contributed by atoms with van der Waals surface area (Å²) >= 11 is 0. The molecule has 2 aromatic carbocycles. The van der Waals surface area contributed by atoms with E-state index in [9.17, 15) is 28.1 Å². The predicted octanol–water partition coefficient (Wildman–Crippen LogP) is 1.58. The smallest absolute Gasteiger partial charge is 0.271 e. The Morgan fingerprint density at radius 3 is 2.35 bits per heavy atom. The predicted molar refractivity (Wildman–Crippen MR) is 127 cm³/mol. The summed E-state index contributed by atoms with van der Waals surface area (Å²) in [4.78, 5) is 37.5. The summed E-state index contributed by atoms with van der Waals surface area (Å²) in [7, 11) is -1.33. The van der Waals surface area contributed by atoms with Crippen molar-refractivity contribution in [1.82, 2.24) is 10.2 Å². The van der Waals surface area contributed by atoms with Crippen LogP contribution < -0.4 is 14.4 Å². The average molecular weight is 493 g/mol. The Balaban J connectivity index is 2.43. The topological polar surface area (TPSA) is 139 Å². The van der Waals surface area contributed by atoms with Crippen LogP contribution in [-0.2, 0) is 26.0 Å². The van der Waals surface area contributed by atoms with Gasteiger partial charge in [0.15, 0.2) is 0 Å². The normalized spacial score (nSPS) is 11.9. The number of carbonyl (C=O) groups is 2. The van der Waals surface area contributed by atoms with E-state index in [0.717, 1.165) is 22.2 Å². The van der Waals surface area contributed by atoms with E-state index in [2.05, 4.69) is 5.32 Å². The van der Waals surface area contributed by atoms with Crippen molar-refractivity contribution in [3.8, 4) is 5.75 Å². The van der Waals surface area contributed by atoms with Gasteiger partial charge in [-0.2, -0.15) is 0 Å². The number of benzene rings is 2. The largest absolute Gasteiger partial charge is 0.495 e. The third-order valence-electron chi connectivity index (χ3n) is 5.22. The minimum Gasteiger partial charge on any atom is -0.495 e. The van der Waals surface area contributed by atoms with E-state index in [-0.39, 0.29) is 23.7 Å². The highest BCUT2D eigenvalue weighted by atomic mass is 32.2. The lowest BCUT2D eigenvalue weighted by Gasteiger charge is -2.31. The van der Waals surface area contributed by atoms with E-state index in [1.54, 1.807) is 6.92 Å². The van der Waals surface area contributed by atoms with E-state index >= 15 is 0 Å². The molecule has 0 aliphatic heterocycles. The number of non-ortho nitro benzene ring substituents is 1. The lowest BCUT2D eigenvalue weighted by Crippen LogP contribution is -2.51. The Bertz CT molecular complexity index is 1140. The third kappa shape index (κ3) is 6.67. The maximum absolute atomic E-state index is 13.3. The molecule has 0 saturated carbocycles. The van der Waals surface area contributed by atoms with Gasteiger partial charge in [0, 0.05) is 25.7 Å². The Morgan fingerprint density at radius 1 is 1.18 bits per heavy atom. The van der Waals surface area contributed by atoms with Gasteiger partial charge in [-0.3, -0.25) is 24.0 Å². The SMILES string of the molecule is CNC(=O)C(C)N(CCc1ccccc1)C(=O)CN(c1cc([N+](=O)[O-])ccc1OC)S(C)(=O)=O. The Morgan fingerprint density at radius 2 is 1.82 bits per heavy atom. The second-order valence-corrected chi connectivity index (χ2v) is 9.40.